The third-order valence-corrected chi connectivity index (χ3v) is 5.98. The fraction of sp³-hybridized carbons (Fsp3) is 0.480. The van der Waals surface area contributed by atoms with Crippen molar-refractivity contribution in [2.75, 3.05) is 6.61 Å². The molecule has 2 aliphatic rings. The van der Waals surface area contributed by atoms with Crippen molar-refractivity contribution < 1.29 is 14.3 Å². The van der Waals surface area contributed by atoms with Gasteiger partial charge >= 0.3 is 0 Å². The van der Waals surface area contributed by atoms with E-state index in [9.17, 15) is 9.59 Å². The highest BCUT2D eigenvalue weighted by molar-refractivity contribution is 6.01. The first-order valence-electron chi connectivity index (χ1n) is 11.0. The summed E-state index contributed by atoms with van der Waals surface area (Å²) in [4.78, 5) is 27.0. The van der Waals surface area contributed by atoms with Crippen LogP contribution in [0.4, 0.5) is 0 Å². The van der Waals surface area contributed by atoms with Crippen LogP contribution < -0.4 is 10.5 Å². The highest BCUT2D eigenvalue weighted by Gasteiger charge is 2.33. The molecule has 1 aliphatic carbocycles. The van der Waals surface area contributed by atoms with E-state index in [-0.39, 0.29) is 11.3 Å². The molecule has 1 unspecified atom stereocenters. The van der Waals surface area contributed by atoms with Crippen LogP contribution in [0, 0.1) is 16.7 Å². The van der Waals surface area contributed by atoms with Gasteiger partial charge < -0.3 is 15.4 Å². The van der Waals surface area contributed by atoms with Gasteiger partial charge in [-0.2, -0.15) is 5.26 Å². The molecule has 0 bridgehead atoms. The molecule has 164 valence electrons. The minimum Gasteiger partial charge on any atom is -0.494 e. The van der Waals surface area contributed by atoms with Crippen LogP contribution in [-0.4, -0.2) is 23.3 Å². The first-order valence-corrected chi connectivity index (χ1v) is 11.0. The summed E-state index contributed by atoms with van der Waals surface area (Å²) in [6.45, 7) is 5.77. The summed E-state index contributed by atoms with van der Waals surface area (Å²) in [5.41, 5.74) is 8.59. The molecule has 3 rings (SSSR count). The second kappa shape index (κ2) is 9.82. The first-order chi connectivity index (χ1) is 14.8. The number of hydrogen-bond acceptors (Lipinski definition) is 4. The van der Waals surface area contributed by atoms with E-state index in [2.05, 4.69) is 19.9 Å². The number of fused-ring (bicyclic) bond motifs is 1. The van der Waals surface area contributed by atoms with Crippen LogP contribution in [0.5, 0.6) is 5.75 Å². The SMILES string of the molecule is CCCCC1(C)C=C(C(=O)N2Cc3ccc(OCCCC#N)cc3C2)C=C(C(N)=O)C1. The topological polar surface area (TPSA) is 96.4 Å². The number of carbonyl (C=O) groups excluding carboxylic acids is 2. The van der Waals surface area contributed by atoms with Crippen LogP contribution in [0.1, 0.15) is 63.5 Å². The Morgan fingerprint density at radius 2 is 2.03 bits per heavy atom. The predicted molar refractivity (Wildman–Crippen MR) is 119 cm³/mol. The zero-order chi connectivity index (χ0) is 22.4. The molecule has 1 aromatic carbocycles. The Morgan fingerprint density at radius 1 is 1.26 bits per heavy atom. The van der Waals surface area contributed by atoms with Crippen molar-refractivity contribution in [3.8, 4) is 11.8 Å². The van der Waals surface area contributed by atoms with Crippen LogP contribution in [-0.2, 0) is 22.7 Å². The maximum atomic E-state index is 13.3. The van der Waals surface area contributed by atoms with Gasteiger partial charge in [0.05, 0.1) is 12.7 Å². The number of primary amides is 1. The average molecular weight is 422 g/mol. The zero-order valence-electron chi connectivity index (χ0n) is 18.4. The van der Waals surface area contributed by atoms with E-state index in [0.29, 0.717) is 50.1 Å². The average Bonchev–Trinajstić information content (AvgIpc) is 3.18. The number of hydrogen-bond donors (Lipinski definition) is 1. The van der Waals surface area contributed by atoms with Gasteiger partial charge in [-0.15, -0.1) is 0 Å². The molecule has 6 nitrogen and oxygen atoms in total. The number of amides is 2. The Hall–Kier alpha value is -3.07. The van der Waals surface area contributed by atoms with Crippen molar-refractivity contribution in [1.82, 2.24) is 4.90 Å². The molecule has 2 amide bonds. The largest absolute Gasteiger partial charge is 0.494 e. The summed E-state index contributed by atoms with van der Waals surface area (Å²) in [5.74, 6) is 0.226. The van der Waals surface area contributed by atoms with E-state index >= 15 is 0 Å². The van der Waals surface area contributed by atoms with Crippen LogP contribution in [0.15, 0.2) is 41.5 Å². The Labute approximate surface area is 184 Å². The maximum Gasteiger partial charge on any atom is 0.254 e. The number of nitrogens with two attached hydrogens (primary N) is 1. The lowest BCUT2D eigenvalue weighted by molar-refractivity contribution is -0.127. The number of rotatable bonds is 9. The molecule has 6 heteroatoms. The molecule has 0 aromatic heterocycles. The standard InChI is InChI=1S/C25H31N3O3/c1-3-4-9-25(2)14-19(23(27)29)12-20(15-25)24(30)28-16-18-7-8-22(13-21(18)17-28)31-11-6-5-10-26/h7-8,12-13,15H,3-6,9,11,14,16-17H2,1-2H3,(H2,27,29). The molecule has 0 radical (unpaired) electrons. The molecule has 0 saturated carbocycles. The number of nitrogens with zero attached hydrogens (tertiary/aromatic N) is 2. The minimum atomic E-state index is -0.455. The van der Waals surface area contributed by atoms with E-state index in [0.717, 1.165) is 36.1 Å². The van der Waals surface area contributed by atoms with Gasteiger partial charge in [0.1, 0.15) is 5.75 Å². The van der Waals surface area contributed by atoms with E-state index < -0.39 is 5.91 Å². The molecule has 1 heterocycles. The maximum absolute atomic E-state index is 13.3. The van der Waals surface area contributed by atoms with E-state index in [1.165, 1.54) is 0 Å². The molecule has 2 N–H and O–H groups in total. The fourth-order valence-electron chi connectivity index (χ4n) is 4.29. The molecular weight excluding hydrogens is 390 g/mol. The third kappa shape index (κ3) is 5.55. The Balaban J connectivity index is 1.73. The van der Waals surface area contributed by atoms with Crippen molar-refractivity contribution in [2.24, 2.45) is 11.1 Å². The van der Waals surface area contributed by atoms with Crippen molar-refractivity contribution >= 4 is 11.8 Å². The van der Waals surface area contributed by atoms with E-state index in [1.807, 2.05) is 24.3 Å². The highest BCUT2D eigenvalue weighted by Crippen LogP contribution is 2.39. The molecule has 31 heavy (non-hydrogen) atoms. The zero-order valence-corrected chi connectivity index (χ0v) is 18.4. The predicted octanol–water partition coefficient (Wildman–Crippen LogP) is 4.15. The monoisotopic (exact) mass is 421 g/mol. The summed E-state index contributed by atoms with van der Waals surface area (Å²) < 4.78 is 5.72. The third-order valence-electron chi connectivity index (χ3n) is 5.98. The molecule has 0 saturated heterocycles. The number of ether oxygens (including phenoxy) is 1. The number of allylic oxidation sites excluding steroid dienone is 1. The summed E-state index contributed by atoms with van der Waals surface area (Å²) in [5, 5.41) is 8.62. The van der Waals surface area contributed by atoms with E-state index in [1.54, 1.807) is 11.0 Å². The van der Waals surface area contributed by atoms with Crippen molar-refractivity contribution in [3.63, 3.8) is 0 Å². The molecule has 1 aromatic rings. The Bertz CT molecular complexity index is 957. The first kappa shape index (κ1) is 22.6. The molecule has 0 fully saturated rings. The Kier molecular flexibility index (Phi) is 7.17. The lowest BCUT2D eigenvalue weighted by Gasteiger charge is -2.31. The molecule has 1 atom stereocenters. The van der Waals surface area contributed by atoms with Gasteiger partial charge in [0.2, 0.25) is 5.91 Å². The van der Waals surface area contributed by atoms with E-state index in [4.69, 9.17) is 15.7 Å². The van der Waals surface area contributed by atoms with Crippen LogP contribution in [0.2, 0.25) is 0 Å². The van der Waals surface area contributed by atoms with Gasteiger partial charge in [0, 0.05) is 30.7 Å². The summed E-state index contributed by atoms with van der Waals surface area (Å²) in [6, 6.07) is 7.98. The molecule has 0 spiro atoms. The van der Waals surface area contributed by atoms with Gasteiger partial charge in [0.15, 0.2) is 0 Å². The van der Waals surface area contributed by atoms with Crippen molar-refractivity contribution in [1.29, 1.82) is 5.26 Å². The second-order valence-corrected chi connectivity index (χ2v) is 8.77. The lowest BCUT2D eigenvalue weighted by Crippen LogP contribution is -2.31. The number of nitriles is 1. The number of unbranched alkanes of at least 4 members (excludes halogenated alkanes) is 2. The minimum absolute atomic E-state index is 0.0751. The van der Waals surface area contributed by atoms with Crippen LogP contribution in [0.25, 0.3) is 0 Å². The summed E-state index contributed by atoms with van der Waals surface area (Å²) in [6.07, 6.45) is 8.45. The Morgan fingerprint density at radius 3 is 2.74 bits per heavy atom. The second-order valence-electron chi connectivity index (χ2n) is 8.77. The lowest BCUT2D eigenvalue weighted by atomic mass is 9.74. The van der Waals surface area contributed by atoms with Gasteiger partial charge in [-0.3, -0.25) is 9.59 Å². The fourth-order valence-corrected chi connectivity index (χ4v) is 4.29. The summed E-state index contributed by atoms with van der Waals surface area (Å²) in [7, 11) is 0. The molecular formula is C25H31N3O3. The summed E-state index contributed by atoms with van der Waals surface area (Å²) >= 11 is 0. The van der Waals surface area contributed by atoms with Crippen LogP contribution in [0.3, 0.4) is 0 Å². The van der Waals surface area contributed by atoms with Gasteiger partial charge in [-0.1, -0.05) is 38.8 Å². The van der Waals surface area contributed by atoms with Crippen molar-refractivity contribution in [2.45, 2.75) is 65.5 Å². The van der Waals surface area contributed by atoms with Gasteiger partial charge in [-0.25, -0.2) is 0 Å². The molecule has 1 aliphatic heterocycles. The number of carbonyl (C=O) groups is 2. The smallest absolute Gasteiger partial charge is 0.254 e. The van der Waals surface area contributed by atoms with Crippen molar-refractivity contribution in [3.05, 3.63) is 52.6 Å². The quantitative estimate of drug-likeness (QED) is 0.606. The number of benzene rings is 1. The normalized spacial score (nSPS) is 19.8. The highest BCUT2D eigenvalue weighted by atomic mass is 16.5. The van der Waals surface area contributed by atoms with Crippen LogP contribution >= 0.6 is 0 Å². The van der Waals surface area contributed by atoms with Gasteiger partial charge in [0.25, 0.3) is 5.91 Å². The van der Waals surface area contributed by atoms with Gasteiger partial charge in [-0.05, 0) is 54.0 Å².